The number of non-ortho nitro benzene ring substituents is 1. The highest BCUT2D eigenvalue weighted by Gasteiger charge is 2.25. The van der Waals surface area contributed by atoms with E-state index in [0.29, 0.717) is 25.4 Å². The van der Waals surface area contributed by atoms with Crippen LogP contribution in [-0.4, -0.2) is 30.7 Å². The number of anilines is 1. The van der Waals surface area contributed by atoms with Crippen LogP contribution < -0.4 is 4.90 Å². The Morgan fingerprint density at radius 2 is 2.11 bits per heavy atom. The normalized spacial score (nSPS) is 19.0. The van der Waals surface area contributed by atoms with E-state index in [4.69, 9.17) is 33.2 Å². The molecule has 1 aliphatic rings. The lowest BCUT2D eigenvalue weighted by Crippen LogP contribution is -2.42. The van der Waals surface area contributed by atoms with Crippen LogP contribution in [0.25, 0.3) is 0 Å². The van der Waals surface area contributed by atoms with Crippen LogP contribution in [0.2, 0.25) is 10.0 Å². The van der Waals surface area contributed by atoms with Crippen molar-refractivity contribution < 1.29 is 9.66 Å². The van der Waals surface area contributed by atoms with E-state index in [2.05, 4.69) is 0 Å². The van der Waals surface area contributed by atoms with Crippen LogP contribution in [0.5, 0.6) is 0 Å². The van der Waals surface area contributed by atoms with Gasteiger partial charge in [-0.25, -0.2) is 0 Å². The molecule has 1 atom stereocenters. The van der Waals surface area contributed by atoms with Crippen molar-refractivity contribution in [2.45, 2.75) is 6.10 Å². The Kier molecular flexibility index (Phi) is 4.10. The van der Waals surface area contributed by atoms with E-state index in [-0.39, 0.29) is 15.7 Å². The summed E-state index contributed by atoms with van der Waals surface area (Å²) in [5.74, 6) is 0. The minimum Gasteiger partial charge on any atom is -0.363 e. The molecule has 1 saturated heterocycles. The van der Waals surface area contributed by atoms with Gasteiger partial charge in [0.2, 0.25) is 0 Å². The molecule has 1 aliphatic heterocycles. The van der Waals surface area contributed by atoms with Crippen molar-refractivity contribution in [3.8, 4) is 6.07 Å². The van der Waals surface area contributed by atoms with E-state index >= 15 is 0 Å². The number of halogens is 2. The Labute approximate surface area is 119 Å². The van der Waals surface area contributed by atoms with E-state index in [1.165, 1.54) is 12.1 Å². The van der Waals surface area contributed by atoms with Gasteiger partial charge >= 0.3 is 0 Å². The lowest BCUT2D eigenvalue weighted by Gasteiger charge is -2.32. The molecule has 19 heavy (non-hydrogen) atoms. The first-order valence-electron chi connectivity index (χ1n) is 5.42. The van der Waals surface area contributed by atoms with Crippen LogP contribution in [0.15, 0.2) is 12.1 Å². The monoisotopic (exact) mass is 301 g/mol. The number of nitro groups is 1. The average molecular weight is 302 g/mol. The zero-order chi connectivity index (χ0) is 14.0. The molecular formula is C11H9Cl2N3O3. The SMILES string of the molecule is N#CC1CN(c2c(Cl)cc([N+](=O)[O-])cc2Cl)CCO1. The summed E-state index contributed by atoms with van der Waals surface area (Å²) in [5.41, 5.74) is 0.335. The van der Waals surface area contributed by atoms with Gasteiger partial charge in [-0.3, -0.25) is 10.1 Å². The lowest BCUT2D eigenvalue weighted by atomic mass is 10.2. The van der Waals surface area contributed by atoms with Crippen LogP contribution in [-0.2, 0) is 4.74 Å². The number of hydrogen-bond donors (Lipinski definition) is 0. The van der Waals surface area contributed by atoms with Gasteiger partial charge in [-0.1, -0.05) is 23.2 Å². The van der Waals surface area contributed by atoms with E-state index in [1.807, 2.05) is 6.07 Å². The maximum atomic E-state index is 10.7. The Morgan fingerprint density at radius 1 is 1.47 bits per heavy atom. The molecule has 1 aromatic rings. The van der Waals surface area contributed by atoms with Gasteiger partial charge in [0.1, 0.15) is 0 Å². The van der Waals surface area contributed by atoms with Crippen molar-refractivity contribution in [1.82, 2.24) is 0 Å². The first-order chi connectivity index (χ1) is 9.02. The fourth-order valence-electron chi connectivity index (χ4n) is 1.89. The topological polar surface area (TPSA) is 79.4 Å². The summed E-state index contributed by atoms with van der Waals surface area (Å²) in [6.45, 7) is 1.23. The van der Waals surface area contributed by atoms with Gasteiger partial charge in [0.25, 0.3) is 5.69 Å². The number of nitriles is 1. The Balaban J connectivity index is 2.35. The lowest BCUT2D eigenvalue weighted by molar-refractivity contribution is -0.384. The first kappa shape index (κ1) is 13.9. The largest absolute Gasteiger partial charge is 0.363 e. The molecule has 100 valence electrons. The third-order valence-corrected chi connectivity index (χ3v) is 3.32. The van der Waals surface area contributed by atoms with Crippen molar-refractivity contribution in [2.75, 3.05) is 24.6 Å². The third-order valence-electron chi connectivity index (χ3n) is 2.74. The molecule has 6 nitrogen and oxygen atoms in total. The number of ether oxygens (including phenoxy) is 1. The summed E-state index contributed by atoms with van der Waals surface area (Å²) in [6, 6.07) is 4.51. The molecule has 0 amide bonds. The number of rotatable bonds is 2. The van der Waals surface area contributed by atoms with Crippen molar-refractivity contribution in [1.29, 1.82) is 5.26 Å². The van der Waals surface area contributed by atoms with E-state index in [9.17, 15) is 10.1 Å². The fraction of sp³-hybridized carbons (Fsp3) is 0.364. The number of morpholine rings is 1. The Hall–Kier alpha value is -1.55. The van der Waals surface area contributed by atoms with Crippen molar-refractivity contribution >= 4 is 34.6 Å². The highest BCUT2D eigenvalue weighted by molar-refractivity contribution is 6.39. The summed E-state index contributed by atoms with van der Waals surface area (Å²) < 4.78 is 5.22. The van der Waals surface area contributed by atoms with E-state index < -0.39 is 11.0 Å². The zero-order valence-electron chi connectivity index (χ0n) is 9.68. The second-order valence-electron chi connectivity index (χ2n) is 3.95. The summed E-state index contributed by atoms with van der Waals surface area (Å²) in [5, 5.41) is 19.9. The Bertz CT molecular complexity index is 536. The molecule has 1 aromatic carbocycles. The van der Waals surface area contributed by atoms with E-state index in [1.54, 1.807) is 4.90 Å². The number of hydrogen-bond acceptors (Lipinski definition) is 5. The van der Waals surface area contributed by atoms with Crippen molar-refractivity contribution in [2.24, 2.45) is 0 Å². The maximum absolute atomic E-state index is 10.7. The average Bonchev–Trinajstić information content (AvgIpc) is 2.38. The van der Waals surface area contributed by atoms with Gasteiger partial charge in [0.15, 0.2) is 6.10 Å². The second kappa shape index (κ2) is 5.61. The zero-order valence-corrected chi connectivity index (χ0v) is 11.2. The smallest absolute Gasteiger partial charge is 0.272 e. The molecule has 0 aromatic heterocycles. The van der Waals surface area contributed by atoms with Crippen molar-refractivity contribution in [3.05, 3.63) is 32.3 Å². The quantitative estimate of drug-likeness (QED) is 0.619. The molecule has 2 rings (SSSR count). The summed E-state index contributed by atoms with van der Waals surface area (Å²) >= 11 is 12.1. The van der Waals surface area contributed by atoms with Crippen LogP contribution in [0, 0.1) is 21.4 Å². The molecule has 1 unspecified atom stereocenters. The minimum absolute atomic E-state index is 0.163. The molecule has 0 aliphatic carbocycles. The molecule has 8 heteroatoms. The highest BCUT2D eigenvalue weighted by Crippen LogP contribution is 2.38. The standard InChI is InChI=1S/C11H9Cl2N3O3/c12-9-3-7(16(17)18)4-10(13)11(9)15-1-2-19-8(5-14)6-15/h3-4,8H,1-2,6H2. The van der Waals surface area contributed by atoms with Crippen LogP contribution >= 0.6 is 23.2 Å². The molecular weight excluding hydrogens is 293 g/mol. The molecule has 0 saturated carbocycles. The number of nitrogens with zero attached hydrogens (tertiary/aromatic N) is 3. The molecule has 0 spiro atoms. The van der Waals surface area contributed by atoms with Gasteiger partial charge in [-0.05, 0) is 0 Å². The fourth-order valence-corrected chi connectivity index (χ4v) is 2.60. The second-order valence-corrected chi connectivity index (χ2v) is 4.76. The Morgan fingerprint density at radius 3 is 2.63 bits per heavy atom. The molecule has 0 radical (unpaired) electrons. The molecule has 0 bridgehead atoms. The predicted octanol–water partition coefficient (Wildman–Crippen LogP) is 2.63. The third kappa shape index (κ3) is 2.89. The van der Waals surface area contributed by atoms with Gasteiger partial charge in [-0.2, -0.15) is 5.26 Å². The summed E-state index contributed by atoms with van der Waals surface area (Å²) in [4.78, 5) is 11.9. The highest BCUT2D eigenvalue weighted by atomic mass is 35.5. The molecule has 1 heterocycles. The number of benzene rings is 1. The number of nitro benzene ring substituents is 1. The first-order valence-corrected chi connectivity index (χ1v) is 6.18. The minimum atomic E-state index is -0.559. The molecule has 0 N–H and O–H groups in total. The van der Waals surface area contributed by atoms with Gasteiger partial charge in [0, 0.05) is 18.7 Å². The summed E-state index contributed by atoms with van der Waals surface area (Å²) in [6.07, 6.45) is -0.559. The van der Waals surface area contributed by atoms with Crippen LogP contribution in [0.3, 0.4) is 0 Å². The van der Waals surface area contributed by atoms with Crippen LogP contribution in [0.4, 0.5) is 11.4 Å². The van der Waals surface area contributed by atoms with Crippen LogP contribution in [0.1, 0.15) is 0 Å². The summed E-state index contributed by atoms with van der Waals surface area (Å²) in [7, 11) is 0. The molecule has 1 fully saturated rings. The predicted molar refractivity (Wildman–Crippen MR) is 70.7 cm³/mol. The van der Waals surface area contributed by atoms with Gasteiger partial charge < -0.3 is 9.64 Å². The van der Waals surface area contributed by atoms with Gasteiger partial charge in [0.05, 0.1) is 39.9 Å². The maximum Gasteiger partial charge on any atom is 0.272 e. The van der Waals surface area contributed by atoms with E-state index in [0.717, 1.165) is 0 Å². The van der Waals surface area contributed by atoms with Gasteiger partial charge in [-0.15, -0.1) is 0 Å². The van der Waals surface area contributed by atoms with Crippen molar-refractivity contribution in [3.63, 3.8) is 0 Å².